The van der Waals surface area contributed by atoms with Crippen LogP contribution in [0, 0.1) is 11.6 Å². The molecule has 2 rings (SSSR count). The maximum atomic E-state index is 13.3. The van der Waals surface area contributed by atoms with Crippen molar-refractivity contribution < 1.29 is 23.0 Å². The van der Waals surface area contributed by atoms with E-state index in [1.54, 1.807) is 18.3 Å². The number of carbonyl (C=O) groups is 1. The summed E-state index contributed by atoms with van der Waals surface area (Å²) in [6.07, 6.45) is 3.10. The summed E-state index contributed by atoms with van der Waals surface area (Å²) in [4.78, 5) is 15.4. The Kier molecular flexibility index (Phi) is 4.60. The fourth-order valence-electron chi connectivity index (χ4n) is 1.46. The van der Waals surface area contributed by atoms with Crippen LogP contribution in [0.1, 0.15) is 10.4 Å². The summed E-state index contributed by atoms with van der Waals surface area (Å²) >= 11 is 0. The van der Waals surface area contributed by atoms with Gasteiger partial charge in [-0.05, 0) is 30.3 Å². The van der Waals surface area contributed by atoms with Gasteiger partial charge in [-0.1, -0.05) is 0 Å². The molecular weight excluding hydrogens is 268 g/mol. The van der Waals surface area contributed by atoms with Crippen molar-refractivity contribution in [3.05, 3.63) is 59.9 Å². The molecule has 0 spiro atoms. The number of pyridine rings is 1. The number of rotatable bonds is 5. The zero-order chi connectivity index (χ0) is 14.4. The lowest BCUT2D eigenvalue weighted by Crippen LogP contribution is -2.13. The molecule has 0 N–H and O–H groups in total. The molecule has 0 atom stereocenters. The highest BCUT2D eigenvalue weighted by Crippen LogP contribution is 2.11. The minimum absolute atomic E-state index is 0.0797. The summed E-state index contributed by atoms with van der Waals surface area (Å²) in [5, 5.41) is 0. The second kappa shape index (κ2) is 6.60. The highest BCUT2D eigenvalue weighted by Gasteiger charge is 2.14. The van der Waals surface area contributed by atoms with Gasteiger partial charge < -0.3 is 9.47 Å². The van der Waals surface area contributed by atoms with E-state index in [9.17, 15) is 13.6 Å². The molecule has 1 aromatic heterocycles. The summed E-state index contributed by atoms with van der Waals surface area (Å²) in [7, 11) is 0. The zero-order valence-electron chi connectivity index (χ0n) is 10.4. The Morgan fingerprint density at radius 3 is 2.80 bits per heavy atom. The standard InChI is InChI=1S/C14H11F2NO3/c15-10-3-4-13(16)12(8-10)14(18)20-7-6-19-11-2-1-5-17-9-11/h1-5,8-9H,6-7H2. The van der Waals surface area contributed by atoms with Crippen LogP contribution in [0.5, 0.6) is 5.75 Å². The van der Waals surface area contributed by atoms with Crippen molar-refractivity contribution in [1.29, 1.82) is 0 Å². The second-order valence-corrected chi connectivity index (χ2v) is 3.80. The van der Waals surface area contributed by atoms with Gasteiger partial charge in [0, 0.05) is 6.20 Å². The minimum Gasteiger partial charge on any atom is -0.488 e. The van der Waals surface area contributed by atoms with Crippen LogP contribution in [0.15, 0.2) is 42.7 Å². The van der Waals surface area contributed by atoms with Gasteiger partial charge in [0.25, 0.3) is 0 Å². The van der Waals surface area contributed by atoms with Crippen molar-refractivity contribution in [3.8, 4) is 5.75 Å². The van der Waals surface area contributed by atoms with Crippen LogP contribution in [0.4, 0.5) is 8.78 Å². The third-order valence-electron chi connectivity index (χ3n) is 2.37. The van der Waals surface area contributed by atoms with Crippen LogP contribution in [0.2, 0.25) is 0 Å². The van der Waals surface area contributed by atoms with Crippen LogP contribution in [0.3, 0.4) is 0 Å². The number of hydrogen-bond acceptors (Lipinski definition) is 4. The van der Waals surface area contributed by atoms with Gasteiger partial charge in [0.2, 0.25) is 0 Å². The summed E-state index contributed by atoms with van der Waals surface area (Å²) < 4.78 is 36.2. The Bertz CT molecular complexity index is 590. The lowest BCUT2D eigenvalue weighted by atomic mass is 10.2. The Morgan fingerprint density at radius 1 is 1.20 bits per heavy atom. The van der Waals surface area contributed by atoms with Gasteiger partial charge in [-0.3, -0.25) is 4.98 Å². The van der Waals surface area contributed by atoms with E-state index in [1.165, 1.54) is 6.20 Å². The van der Waals surface area contributed by atoms with Gasteiger partial charge in [-0.15, -0.1) is 0 Å². The number of halogens is 2. The van der Waals surface area contributed by atoms with Crippen LogP contribution < -0.4 is 4.74 Å². The predicted molar refractivity (Wildman–Crippen MR) is 66.4 cm³/mol. The van der Waals surface area contributed by atoms with Gasteiger partial charge >= 0.3 is 5.97 Å². The van der Waals surface area contributed by atoms with Crippen LogP contribution in [-0.2, 0) is 4.74 Å². The second-order valence-electron chi connectivity index (χ2n) is 3.80. The molecule has 4 nitrogen and oxygen atoms in total. The normalized spacial score (nSPS) is 10.1. The van der Waals surface area contributed by atoms with Gasteiger partial charge in [0.05, 0.1) is 11.8 Å². The molecule has 0 unspecified atom stereocenters. The molecule has 104 valence electrons. The number of hydrogen-bond donors (Lipinski definition) is 0. The number of nitrogens with zero attached hydrogens (tertiary/aromatic N) is 1. The maximum Gasteiger partial charge on any atom is 0.341 e. The first kappa shape index (κ1) is 13.9. The van der Waals surface area contributed by atoms with Crippen molar-refractivity contribution in [2.24, 2.45) is 0 Å². The quantitative estimate of drug-likeness (QED) is 0.623. The maximum absolute atomic E-state index is 13.3. The van der Waals surface area contributed by atoms with Crippen molar-refractivity contribution >= 4 is 5.97 Å². The molecule has 1 aromatic carbocycles. The molecule has 0 saturated heterocycles. The Labute approximate surface area is 114 Å². The van der Waals surface area contributed by atoms with E-state index in [0.29, 0.717) is 5.75 Å². The summed E-state index contributed by atoms with van der Waals surface area (Å²) in [6, 6.07) is 5.99. The average Bonchev–Trinajstić information content (AvgIpc) is 2.47. The molecule has 20 heavy (non-hydrogen) atoms. The molecule has 0 saturated carbocycles. The number of esters is 1. The molecule has 6 heteroatoms. The lowest BCUT2D eigenvalue weighted by molar-refractivity contribution is 0.0444. The van der Waals surface area contributed by atoms with Crippen LogP contribution in [0.25, 0.3) is 0 Å². The molecular formula is C14H11F2NO3. The average molecular weight is 279 g/mol. The molecule has 0 aliphatic heterocycles. The minimum atomic E-state index is -0.934. The zero-order valence-corrected chi connectivity index (χ0v) is 10.4. The highest BCUT2D eigenvalue weighted by atomic mass is 19.1. The number of aromatic nitrogens is 1. The first-order valence-electron chi connectivity index (χ1n) is 5.82. The van der Waals surface area contributed by atoms with Gasteiger partial charge in [-0.2, -0.15) is 0 Å². The van der Waals surface area contributed by atoms with Gasteiger partial charge in [-0.25, -0.2) is 13.6 Å². The molecule has 0 amide bonds. The van der Waals surface area contributed by atoms with Crippen LogP contribution >= 0.6 is 0 Å². The van der Waals surface area contributed by atoms with E-state index in [2.05, 4.69) is 4.98 Å². The largest absolute Gasteiger partial charge is 0.488 e. The van der Waals surface area contributed by atoms with E-state index in [1.807, 2.05) is 0 Å². The van der Waals surface area contributed by atoms with Crippen LogP contribution in [-0.4, -0.2) is 24.2 Å². The summed E-state index contributed by atoms with van der Waals surface area (Å²) in [5.74, 6) is -1.94. The molecule has 0 bridgehead atoms. The smallest absolute Gasteiger partial charge is 0.341 e. The SMILES string of the molecule is O=C(OCCOc1cccnc1)c1cc(F)ccc1F. The third kappa shape index (κ3) is 3.74. The number of benzene rings is 1. The Hall–Kier alpha value is -2.50. The highest BCUT2D eigenvalue weighted by molar-refractivity contribution is 5.89. The molecule has 0 aliphatic rings. The Morgan fingerprint density at radius 2 is 2.05 bits per heavy atom. The number of ether oxygens (including phenoxy) is 2. The monoisotopic (exact) mass is 279 g/mol. The van der Waals surface area contributed by atoms with E-state index < -0.39 is 23.2 Å². The fraction of sp³-hybridized carbons (Fsp3) is 0.143. The lowest BCUT2D eigenvalue weighted by Gasteiger charge is -2.07. The van der Waals surface area contributed by atoms with Gasteiger partial charge in [0.1, 0.15) is 30.6 Å². The topological polar surface area (TPSA) is 48.4 Å². The third-order valence-corrected chi connectivity index (χ3v) is 2.37. The Balaban J connectivity index is 1.82. The summed E-state index contributed by atoms with van der Waals surface area (Å²) in [6.45, 7) is 0.0120. The number of carbonyl (C=O) groups excluding carboxylic acids is 1. The van der Waals surface area contributed by atoms with E-state index in [-0.39, 0.29) is 13.2 Å². The summed E-state index contributed by atoms with van der Waals surface area (Å²) in [5.41, 5.74) is -0.439. The van der Waals surface area contributed by atoms with Gasteiger partial charge in [0.15, 0.2) is 0 Å². The van der Waals surface area contributed by atoms with Crippen molar-refractivity contribution in [2.45, 2.75) is 0 Å². The van der Waals surface area contributed by atoms with E-state index in [4.69, 9.17) is 9.47 Å². The fourth-order valence-corrected chi connectivity index (χ4v) is 1.46. The first-order valence-corrected chi connectivity index (χ1v) is 5.82. The first-order chi connectivity index (χ1) is 9.66. The van der Waals surface area contributed by atoms with Crippen molar-refractivity contribution in [2.75, 3.05) is 13.2 Å². The molecule has 0 radical (unpaired) electrons. The van der Waals surface area contributed by atoms with E-state index >= 15 is 0 Å². The molecule has 1 heterocycles. The van der Waals surface area contributed by atoms with Crippen molar-refractivity contribution in [1.82, 2.24) is 4.98 Å². The molecule has 0 fully saturated rings. The van der Waals surface area contributed by atoms with Crippen molar-refractivity contribution in [3.63, 3.8) is 0 Å². The predicted octanol–water partition coefficient (Wildman–Crippen LogP) is 2.60. The molecule has 2 aromatic rings. The van der Waals surface area contributed by atoms with E-state index in [0.717, 1.165) is 18.2 Å². The molecule has 0 aliphatic carbocycles.